The Morgan fingerprint density at radius 1 is 1.35 bits per heavy atom. The Morgan fingerprint density at radius 2 is 2.24 bits per heavy atom. The van der Waals surface area contributed by atoms with Crippen LogP contribution in [0.1, 0.15) is 39.0 Å². The number of hydrogen-bond donors (Lipinski definition) is 0. The lowest BCUT2D eigenvalue weighted by molar-refractivity contribution is 0.593. The molecule has 0 bridgehead atoms. The zero-order valence-electron chi connectivity index (χ0n) is 10.9. The van der Waals surface area contributed by atoms with Crippen LogP contribution in [0.5, 0.6) is 0 Å². The second-order valence-corrected chi connectivity index (χ2v) is 4.54. The maximum Gasteiger partial charge on any atom is -0.0193 e. The molecule has 0 heterocycles. The van der Waals surface area contributed by atoms with Crippen LogP contribution in [0.25, 0.3) is 0 Å². The maximum atomic E-state index is 3.65. The molecule has 0 aromatic carbocycles. The molecule has 0 amide bonds. The minimum Gasteiger partial charge on any atom is -0.0991 e. The smallest absolute Gasteiger partial charge is 0.0193 e. The van der Waals surface area contributed by atoms with Crippen LogP contribution in [0.3, 0.4) is 0 Å². The highest BCUT2D eigenvalue weighted by atomic mass is 14.1. The van der Waals surface area contributed by atoms with Gasteiger partial charge in [-0.2, -0.15) is 0 Å². The van der Waals surface area contributed by atoms with Crippen molar-refractivity contribution in [2.24, 2.45) is 5.92 Å². The normalized spacial score (nSPS) is 20.8. The van der Waals surface area contributed by atoms with Crippen LogP contribution in [-0.2, 0) is 0 Å². The van der Waals surface area contributed by atoms with E-state index >= 15 is 0 Å². The van der Waals surface area contributed by atoms with Crippen molar-refractivity contribution in [1.82, 2.24) is 0 Å². The quantitative estimate of drug-likeness (QED) is 0.536. The molecule has 0 aromatic rings. The Bertz CT molecular complexity index is 326. The fourth-order valence-electron chi connectivity index (χ4n) is 2.10. The molecule has 0 aliphatic heterocycles. The fraction of sp³-hybridized carbons (Fsp3) is 0.412. The van der Waals surface area contributed by atoms with Crippen LogP contribution in [-0.4, -0.2) is 0 Å². The second kappa shape index (κ2) is 8.81. The SMILES string of the molecule is C=C/C=C\C=C/CC1C=CC=C(CCC)CC1. The first kappa shape index (κ1) is 13.8. The molecule has 1 aliphatic rings. The van der Waals surface area contributed by atoms with Gasteiger partial charge in [0.1, 0.15) is 0 Å². The summed E-state index contributed by atoms with van der Waals surface area (Å²) in [5.74, 6) is 0.703. The monoisotopic (exact) mass is 228 g/mol. The molecular weight excluding hydrogens is 204 g/mol. The number of allylic oxidation sites excluding steroid dienone is 9. The van der Waals surface area contributed by atoms with Crippen LogP contribution in [0.4, 0.5) is 0 Å². The van der Waals surface area contributed by atoms with Crippen molar-refractivity contribution in [2.75, 3.05) is 0 Å². The fourth-order valence-corrected chi connectivity index (χ4v) is 2.10. The maximum absolute atomic E-state index is 3.65. The van der Waals surface area contributed by atoms with Crippen LogP contribution in [0.15, 0.2) is 60.8 Å². The zero-order chi connectivity index (χ0) is 12.3. The average Bonchev–Trinajstić information content (AvgIpc) is 2.55. The van der Waals surface area contributed by atoms with E-state index in [-0.39, 0.29) is 0 Å². The summed E-state index contributed by atoms with van der Waals surface area (Å²) in [6.07, 6.45) is 23.3. The van der Waals surface area contributed by atoms with Gasteiger partial charge in [-0.15, -0.1) is 0 Å². The van der Waals surface area contributed by atoms with Crippen molar-refractivity contribution < 1.29 is 0 Å². The summed E-state index contributed by atoms with van der Waals surface area (Å²) >= 11 is 0. The van der Waals surface area contributed by atoms with Gasteiger partial charge < -0.3 is 0 Å². The van der Waals surface area contributed by atoms with Gasteiger partial charge in [0, 0.05) is 0 Å². The van der Waals surface area contributed by atoms with Crippen molar-refractivity contribution >= 4 is 0 Å². The molecule has 1 aliphatic carbocycles. The lowest BCUT2D eigenvalue weighted by Gasteiger charge is -2.09. The number of rotatable bonds is 6. The van der Waals surface area contributed by atoms with Gasteiger partial charge in [-0.05, 0) is 31.6 Å². The van der Waals surface area contributed by atoms with Crippen molar-refractivity contribution in [3.8, 4) is 0 Å². The van der Waals surface area contributed by atoms with E-state index in [1.54, 1.807) is 11.6 Å². The molecule has 0 fully saturated rings. The average molecular weight is 228 g/mol. The van der Waals surface area contributed by atoms with E-state index in [0.29, 0.717) is 5.92 Å². The number of hydrogen-bond acceptors (Lipinski definition) is 0. The predicted octanol–water partition coefficient (Wildman–Crippen LogP) is 5.37. The Balaban J connectivity index is 2.32. The first-order valence-corrected chi connectivity index (χ1v) is 6.67. The minimum absolute atomic E-state index is 0.703. The van der Waals surface area contributed by atoms with E-state index in [0.717, 1.165) is 6.42 Å². The molecule has 0 saturated carbocycles. The molecule has 1 atom stereocenters. The van der Waals surface area contributed by atoms with Gasteiger partial charge in [0.05, 0.1) is 0 Å². The topological polar surface area (TPSA) is 0 Å². The van der Waals surface area contributed by atoms with Crippen molar-refractivity contribution in [3.05, 3.63) is 60.8 Å². The van der Waals surface area contributed by atoms with E-state index in [4.69, 9.17) is 0 Å². The first-order chi connectivity index (χ1) is 8.36. The molecule has 0 radical (unpaired) electrons. The van der Waals surface area contributed by atoms with Gasteiger partial charge in [0.25, 0.3) is 0 Å². The Labute approximate surface area is 106 Å². The van der Waals surface area contributed by atoms with E-state index in [1.165, 1.54) is 25.7 Å². The first-order valence-electron chi connectivity index (χ1n) is 6.67. The Morgan fingerprint density at radius 3 is 3.00 bits per heavy atom. The summed E-state index contributed by atoms with van der Waals surface area (Å²) in [5.41, 5.74) is 1.61. The van der Waals surface area contributed by atoms with Gasteiger partial charge >= 0.3 is 0 Å². The van der Waals surface area contributed by atoms with Crippen LogP contribution in [0, 0.1) is 5.92 Å². The lowest BCUT2D eigenvalue weighted by atomic mass is 9.97. The third-order valence-electron chi connectivity index (χ3n) is 3.06. The summed E-state index contributed by atoms with van der Waals surface area (Å²) in [5, 5.41) is 0. The lowest BCUT2D eigenvalue weighted by Crippen LogP contribution is -1.94. The summed E-state index contributed by atoms with van der Waals surface area (Å²) in [7, 11) is 0. The van der Waals surface area contributed by atoms with Gasteiger partial charge in [-0.25, -0.2) is 0 Å². The highest BCUT2D eigenvalue weighted by Crippen LogP contribution is 2.23. The van der Waals surface area contributed by atoms with Gasteiger partial charge in [0.15, 0.2) is 0 Å². The highest BCUT2D eigenvalue weighted by molar-refractivity contribution is 5.17. The van der Waals surface area contributed by atoms with Crippen molar-refractivity contribution in [3.63, 3.8) is 0 Å². The van der Waals surface area contributed by atoms with Crippen LogP contribution < -0.4 is 0 Å². The van der Waals surface area contributed by atoms with Crippen LogP contribution >= 0.6 is 0 Å². The summed E-state index contributed by atoms with van der Waals surface area (Å²) in [6, 6.07) is 0. The van der Waals surface area contributed by atoms with Crippen LogP contribution in [0.2, 0.25) is 0 Å². The Kier molecular flexibility index (Phi) is 7.13. The zero-order valence-corrected chi connectivity index (χ0v) is 10.9. The van der Waals surface area contributed by atoms with Crippen molar-refractivity contribution in [2.45, 2.75) is 39.0 Å². The third-order valence-corrected chi connectivity index (χ3v) is 3.06. The third kappa shape index (κ3) is 6.11. The van der Waals surface area contributed by atoms with E-state index in [1.807, 2.05) is 12.2 Å². The van der Waals surface area contributed by atoms with Gasteiger partial charge in [-0.1, -0.05) is 74.1 Å². The molecule has 17 heavy (non-hydrogen) atoms. The molecule has 0 aromatic heterocycles. The Hall–Kier alpha value is -1.30. The molecule has 1 rings (SSSR count). The molecule has 0 N–H and O–H groups in total. The standard InChI is InChI=1S/C17H24/c1-3-5-6-7-8-11-17-13-9-12-16(10-4-2)14-15-17/h3,5-9,12-13,17H,1,4,10-11,14-15H2,2H3/b6-5-,8-7-. The molecule has 0 heteroatoms. The van der Waals surface area contributed by atoms with Crippen molar-refractivity contribution in [1.29, 1.82) is 0 Å². The highest BCUT2D eigenvalue weighted by Gasteiger charge is 2.07. The molecule has 0 nitrogen and oxygen atoms in total. The minimum atomic E-state index is 0.703. The molecular formula is C17H24. The molecule has 1 unspecified atom stereocenters. The second-order valence-electron chi connectivity index (χ2n) is 4.54. The molecule has 92 valence electrons. The summed E-state index contributed by atoms with van der Waals surface area (Å²) in [4.78, 5) is 0. The summed E-state index contributed by atoms with van der Waals surface area (Å²) in [6.45, 7) is 5.90. The predicted molar refractivity (Wildman–Crippen MR) is 77.9 cm³/mol. The van der Waals surface area contributed by atoms with E-state index < -0.39 is 0 Å². The van der Waals surface area contributed by atoms with Gasteiger partial charge in [-0.3, -0.25) is 0 Å². The molecule has 0 spiro atoms. The largest absolute Gasteiger partial charge is 0.0991 e. The van der Waals surface area contributed by atoms with E-state index in [9.17, 15) is 0 Å². The molecule has 0 saturated heterocycles. The summed E-state index contributed by atoms with van der Waals surface area (Å²) < 4.78 is 0. The van der Waals surface area contributed by atoms with Gasteiger partial charge in [0.2, 0.25) is 0 Å². The van der Waals surface area contributed by atoms with E-state index in [2.05, 4.69) is 43.9 Å².